The molecule has 1 N–H and O–H groups in total. The molecule has 0 spiro atoms. The molecule has 1 aliphatic rings. The van der Waals surface area contributed by atoms with E-state index in [0.717, 1.165) is 19.4 Å². The quantitative estimate of drug-likeness (QED) is 0.653. The van der Waals surface area contributed by atoms with Gasteiger partial charge in [-0.2, -0.15) is 0 Å². The number of hydrogen-bond acceptors (Lipinski definition) is 3. The Balaban J connectivity index is 2.44. The van der Waals surface area contributed by atoms with E-state index in [4.69, 9.17) is 4.74 Å². The van der Waals surface area contributed by atoms with Gasteiger partial charge in [-0.05, 0) is 46.1 Å². The van der Waals surface area contributed by atoms with E-state index in [9.17, 15) is 4.79 Å². The van der Waals surface area contributed by atoms with Crippen molar-refractivity contribution in [3.05, 3.63) is 0 Å². The summed E-state index contributed by atoms with van der Waals surface area (Å²) in [5, 5.41) is 3.20. The molecule has 0 saturated carbocycles. The van der Waals surface area contributed by atoms with Crippen molar-refractivity contribution >= 4 is 5.97 Å². The van der Waals surface area contributed by atoms with Crippen LogP contribution in [0.3, 0.4) is 0 Å². The minimum Gasteiger partial charge on any atom is -0.459 e. The molecule has 0 bridgehead atoms. The molecule has 14 heavy (non-hydrogen) atoms. The summed E-state index contributed by atoms with van der Waals surface area (Å²) in [4.78, 5) is 11.7. The molecule has 0 aromatic carbocycles. The molecule has 1 saturated heterocycles. The van der Waals surface area contributed by atoms with Gasteiger partial charge < -0.3 is 10.1 Å². The summed E-state index contributed by atoms with van der Waals surface area (Å²) >= 11 is 0. The van der Waals surface area contributed by atoms with E-state index in [1.807, 2.05) is 20.8 Å². The van der Waals surface area contributed by atoms with Crippen molar-refractivity contribution in [2.45, 2.75) is 52.2 Å². The first-order valence-electron chi connectivity index (χ1n) is 5.35. The minimum atomic E-state index is -0.376. The molecule has 0 aliphatic carbocycles. The second kappa shape index (κ2) is 4.30. The van der Waals surface area contributed by atoms with E-state index < -0.39 is 0 Å². The van der Waals surface area contributed by atoms with Crippen molar-refractivity contribution in [3.8, 4) is 0 Å². The molecule has 3 heteroatoms. The summed E-state index contributed by atoms with van der Waals surface area (Å²) in [7, 11) is 0. The summed E-state index contributed by atoms with van der Waals surface area (Å²) in [5.74, 6) is 0.512. The number of hydrogen-bond donors (Lipinski definition) is 1. The van der Waals surface area contributed by atoms with Crippen LogP contribution in [-0.4, -0.2) is 24.2 Å². The van der Waals surface area contributed by atoms with Gasteiger partial charge in [0.1, 0.15) is 11.6 Å². The zero-order valence-corrected chi connectivity index (χ0v) is 9.59. The Morgan fingerprint density at radius 2 is 2.07 bits per heavy atom. The highest BCUT2D eigenvalue weighted by atomic mass is 16.6. The highest BCUT2D eigenvalue weighted by molar-refractivity contribution is 5.76. The number of carbonyl (C=O) groups excluding carboxylic acids is 1. The predicted molar refractivity (Wildman–Crippen MR) is 56.0 cm³/mol. The number of ether oxygens (including phenoxy) is 1. The minimum absolute atomic E-state index is 0.0991. The third-order valence-corrected chi connectivity index (χ3v) is 2.36. The standard InChI is InChI=1S/C11H21NO2/c1-8-5-6-12-9(7-8)10(13)14-11(2,3)4/h8-9,12H,5-7H2,1-4H3/t8-,9-/m1/s1. The topological polar surface area (TPSA) is 38.3 Å². The monoisotopic (exact) mass is 199 g/mol. The molecule has 82 valence electrons. The number of nitrogens with one attached hydrogen (secondary N) is 1. The second-order valence-corrected chi connectivity index (χ2v) is 5.17. The Hall–Kier alpha value is -0.570. The van der Waals surface area contributed by atoms with Crippen LogP contribution in [0.2, 0.25) is 0 Å². The van der Waals surface area contributed by atoms with Gasteiger partial charge >= 0.3 is 5.97 Å². The lowest BCUT2D eigenvalue weighted by atomic mass is 9.94. The van der Waals surface area contributed by atoms with Crippen molar-refractivity contribution in [2.75, 3.05) is 6.54 Å². The molecule has 0 aromatic heterocycles. The molecule has 0 amide bonds. The lowest BCUT2D eigenvalue weighted by Gasteiger charge is -2.29. The van der Waals surface area contributed by atoms with Crippen LogP contribution in [0.15, 0.2) is 0 Å². The van der Waals surface area contributed by atoms with Gasteiger partial charge in [0.15, 0.2) is 0 Å². The fraction of sp³-hybridized carbons (Fsp3) is 0.909. The summed E-state index contributed by atoms with van der Waals surface area (Å²) in [5.41, 5.74) is -0.376. The molecule has 1 heterocycles. The van der Waals surface area contributed by atoms with Crippen molar-refractivity contribution < 1.29 is 9.53 Å². The average molecular weight is 199 g/mol. The third-order valence-electron chi connectivity index (χ3n) is 2.36. The maximum absolute atomic E-state index is 11.7. The van der Waals surface area contributed by atoms with Crippen LogP contribution in [0.4, 0.5) is 0 Å². The van der Waals surface area contributed by atoms with E-state index in [1.165, 1.54) is 0 Å². The van der Waals surface area contributed by atoms with E-state index >= 15 is 0 Å². The Kier molecular flexibility index (Phi) is 3.53. The van der Waals surface area contributed by atoms with E-state index in [2.05, 4.69) is 12.2 Å². The van der Waals surface area contributed by atoms with Crippen LogP contribution in [0.1, 0.15) is 40.5 Å². The van der Waals surface area contributed by atoms with Gasteiger partial charge in [0.25, 0.3) is 0 Å². The van der Waals surface area contributed by atoms with Crippen molar-refractivity contribution in [2.24, 2.45) is 5.92 Å². The van der Waals surface area contributed by atoms with Crippen LogP contribution < -0.4 is 5.32 Å². The van der Waals surface area contributed by atoms with Gasteiger partial charge in [0.05, 0.1) is 0 Å². The second-order valence-electron chi connectivity index (χ2n) is 5.17. The molecule has 1 fully saturated rings. The van der Waals surface area contributed by atoms with Crippen LogP contribution >= 0.6 is 0 Å². The number of piperidine rings is 1. The lowest BCUT2D eigenvalue weighted by molar-refractivity contribution is -0.158. The van der Waals surface area contributed by atoms with Gasteiger partial charge in [-0.15, -0.1) is 0 Å². The maximum Gasteiger partial charge on any atom is 0.323 e. The smallest absolute Gasteiger partial charge is 0.323 e. The van der Waals surface area contributed by atoms with Gasteiger partial charge in [-0.3, -0.25) is 4.79 Å². The van der Waals surface area contributed by atoms with Gasteiger partial charge in [0, 0.05) is 0 Å². The van der Waals surface area contributed by atoms with E-state index in [1.54, 1.807) is 0 Å². The van der Waals surface area contributed by atoms with Crippen LogP contribution in [0, 0.1) is 5.92 Å². The Morgan fingerprint density at radius 1 is 1.43 bits per heavy atom. The normalized spacial score (nSPS) is 28.6. The molecule has 1 aliphatic heterocycles. The largest absolute Gasteiger partial charge is 0.459 e. The summed E-state index contributed by atoms with van der Waals surface area (Å²) in [6, 6.07) is -0.0991. The lowest BCUT2D eigenvalue weighted by Crippen LogP contribution is -2.45. The van der Waals surface area contributed by atoms with Crippen molar-refractivity contribution in [1.82, 2.24) is 5.32 Å². The highest BCUT2D eigenvalue weighted by Crippen LogP contribution is 2.18. The molecule has 0 aromatic rings. The van der Waals surface area contributed by atoms with Crippen LogP contribution in [0.25, 0.3) is 0 Å². The summed E-state index contributed by atoms with van der Waals surface area (Å²) < 4.78 is 5.32. The first-order valence-corrected chi connectivity index (χ1v) is 5.35. The first-order chi connectivity index (χ1) is 6.38. The molecule has 3 nitrogen and oxygen atoms in total. The summed E-state index contributed by atoms with van der Waals surface area (Å²) in [6.45, 7) is 8.80. The predicted octanol–water partition coefficient (Wildman–Crippen LogP) is 1.72. The fourth-order valence-electron chi connectivity index (χ4n) is 1.66. The maximum atomic E-state index is 11.7. The first kappa shape index (κ1) is 11.5. The van der Waals surface area contributed by atoms with Gasteiger partial charge in [-0.1, -0.05) is 6.92 Å². The number of carbonyl (C=O) groups is 1. The molecule has 2 atom stereocenters. The van der Waals surface area contributed by atoms with Crippen LogP contribution in [0.5, 0.6) is 0 Å². The molecule has 1 rings (SSSR count). The van der Waals surface area contributed by atoms with Crippen molar-refractivity contribution in [3.63, 3.8) is 0 Å². The number of esters is 1. The molecule has 0 radical (unpaired) electrons. The van der Waals surface area contributed by atoms with E-state index in [-0.39, 0.29) is 17.6 Å². The molecular weight excluding hydrogens is 178 g/mol. The van der Waals surface area contributed by atoms with Gasteiger partial charge in [-0.25, -0.2) is 0 Å². The van der Waals surface area contributed by atoms with Crippen LogP contribution in [-0.2, 0) is 9.53 Å². The SMILES string of the molecule is C[C@@H]1CCN[C@@H](C(=O)OC(C)(C)C)C1. The Bertz CT molecular complexity index is 208. The summed E-state index contributed by atoms with van der Waals surface area (Å²) in [6.07, 6.45) is 2.05. The fourth-order valence-corrected chi connectivity index (χ4v) is 1.66. The zero-order valence-electron chi connectivity index (χ0n) is 9.59. The van der Waals surface area contributed by atoms with Crippen molar-refractivity contribution in [1.29, 1.82) is 0 Å². The molecule has 0 unspecified atom stereocenters. The average Bonchev–Trinajstić information content (AvgIpc) is 2.01. The third kappa shape index (κ3) is 3.66. The highest BCUT2D eigenvalue weighted by Gasteiger charge is 2.28. The van der Waals surface area contributed by atoms with E-state index in [0.29, 0.717) is 5.92 Å². The van der Waals surface area contributed by atoms with Gasteiger partial charge in [0.2, 0.25) is 0 Å². The number of rotatable bonds is 1. The Labute approximate surface area is 86.2 Å². The molecular formula is C11H21NO2. The Morgan fingerprint density at radius 3 is 2.57 bits per heavy atom. The zero-order chi connectivity index (χ0) is 10.8.